The van der Waals surface area contributed by atoms with Crippen molar-refractivity contribution < 1.29 is 14.3 Å². The highest BCUT2D eigenvalue weighted by Crippen LogP contribution is 2.32. The Balaban J connectivity index is 2.19. The van der Waals surface area contributed by atoms with Crippen LogP contribution in [0.1, 0.15) is 38.7 Å². The Morgan fingerprint density at radius 2 is 2.14 bits per heavy atom. The summed E-state index contributed by atoms with van der Waals surface area (Å²) in [4.78, 5) is 12.0. The van der Waals surface area contributed by atoms with Gasteiger partial charge < -0.3 is 14.8 Å². The number of amides is 1. The third-order valence-electron chi connectivity index (χ3n) is 3.39. The number of anilines is 1. The molecule has 2 rings (SSSR count). The summed E-state index contributed by atoms with van der Waals surface area (Å²) in [5, 5.41) is 6.19. The van der Waals surface area contributed by atoms with Crippen molar-refractivity contribution in [1.82, 2.24) is 5.32 Å². The van der Waals surface area contributed by atoms with E-state index in [2.05, 4.69) is 10.6 Å². The highest BCUT2D eigenvalue weighted by atomic mass is 16.6. The Bertz CT molecular complexity index is 503. The van der Waals surface area contributed by atoms with E-state index in [9.17, 15) is 4.79 Å². The Kier molecular flexibility index (Phi) is 4.73. The summed E-state index contributed by atoms with van der Waals surface area (Å²) in [5.74, 6) is 1.18. The molecule has 5 heteroatoms. The fourth-order valence-electron chi connectivity index (χ4n) is 2.45. The average Bonchev–Trinajstić information content (AvgIpc) is 2.90. The lowest BCUT2D eigenvalue weighted by Gasteiger charge is -2.21. The minimum absolute atomic E-state index is 0.380. The zero-order valence-corrected chi connectivity index (χ0v) is 13.2. The lowest BCUT2D eigenvalue weighted by Crippen LogP contribution is -2.27. The van der Waals surface area contributed by atoms with Gasteiger partial charge in [-0.15, -0.1) is 0 Å². The van der Waals surface area contributed by atoms with Gasteiger partial charge >= 0.3 is 6.09 Å². The summed E-state index contributed by atoms with van der Waals surface area (Å²) < 4.78 is 10.6. The number of hydrogen-bond donors (Lipinski definition) is 2. The molecule has 0 saturated carbocycles. The van der Waals surface area contributed by atoms with Crippen molar-refractivity contribution in [2.75, 3.05) is 25.5 Å². The summed E-state index contributed by atoms with van der Waals surface area (Å²) >= 11 is 0. The molecule has 1 aliphatic rings. The fourth-order valence-corrected chi connectivity index (χ4v) is 2.45. The first-order chi connectivity index (χ1) is 9.89. The second-order valence-electron chi connectivity index (χ2n) is 6.27. The van der Waals surface area contributed by atoms with Gasteiger partial charge in [-0.2, -0.15) is 0 Å². The van der Waals surface area contributed by atoms with Gasteiger partial charge in [0.15, 0.2) is 0 Å². The number of rotatable bonds is 3. The molecule has 1 atom stereocenters. The summed E-state index contributed by atoms with van der Waals surface area (Å²) in [6.07, 6.45) is 0.621. The van der Waals surface area contributed by atoms with Gasteiger partial charge in [-0.25, -0.2) is 4.79 Å². The molecule has 0 bridgehead atoms. The van der Waals surface area contributed by atoms with E-state index in [0.717, 1.165) is 36.5 Å². The van der Waals surface area contributed by atoms with Gasteiger partial charge in [0, 0.05) is 12.2 Å². The molecular formula is C16H24N2O3. The predicted molar refractivity (Wildman–Crippen MR) is 83.1 cm³/mol. The van der Waals surface area contributed by atoms with Crippen molar-refractivity contribution >= 4 is 11.8 Å². The van der Waals surface area contributed by atoms with Crippen LogP contribution in [0.2, 0.25) is 0 Å². The molecule has 116 valence electrons. The van der Waals surface area contributed by atoms with Crippen LogP contribution in [0.5, 0.6) is 5.75 Å². The van der Waals surface area contributed by atoms with Gasteiger partial charge in [0.2, 0.25) is 0 Å². The molecule has 0 spiro atoms. The average molecular weight is 292 g/mol. The summed E-state index contributed by atoms with van der Waals surface area (Å²) in [6, 6.07) is 5.71. The minimum Gasteiger partial charge on any atom is -0.497 e. The smallest absolute Gasteiger partial charge is 0.412 e. The molecule has 1 aliphatic heterocycles. The Hall–Kier alpha value is -1.75. The maximum Gasteiger partial charge on any atom is 0.412 e. The van der Waals surface area contributed by atoms with Crippen molar-refractivity contribution in [3.63, 3.8) is 0 Å². The van der Waals surface area contributed by atoms with E-state index in [1.165, 1.54) is 0 Å². The monoisotopic (exact) mass is 292 g/mol. The van der Waals surface area contributed by atoms with Crippen molar-refractivity contribution in [2.45, 2.75) is 38.7 Å². The van der Waals surface area contributed by atoms with Crippen LogP contribution in [-0.4, -0.2) is 31.9 Å². The largest absolute Gasteiger partial charge is 0.497 e. The third-order valence-corrected chi connectivity index (χ3v) is 3.39. The Morgan fingerprint density at radius 3 is 2.71 bits per heavy atom. The molecule has 5 nitrogen and oxygen atoms in total. The summed E-state index contributed by atoms with van der Waals surface area (Å²) in [7, 11) is 1.65. The van der Waals surface area contributed by atoms with Crippen LogP contribution in [0, 0.1) is 0 Å². The van der Waals surface area contributed by atoms with E-state index < -0.39 is 11.7 Å². The second-order valence-corrected chi connectivity index (χ2v) is 6.27. The van der Waals surface area contributed by atoms with Gasteiger partial charge in [0.1, 0.15) is 11.4 Å². The van der Waals surface area contributed by atoms with E-state index in [1.807, 2.05) is 39.0 Å². The highest BCUT2D eigenvalue weighted by Gasteiger charge is 2.22. The molecule has 0 aromatic heterocycles. The van der Waals surface area contributed by atoms with Gasteiger partial charge in [0.05, 0.1) is 7.11 Å². The lowest BCUT2D eigenvalue weighted by molar-refractivity contribution is 0.0635. The third kappa shape index (κ3) is 4.36. The first-order valence-corrected chi connectivity index (χ1v) is 7.28. The SMILES string of the molecule is COc1ccc(NC(=O)OC(C)(C)C)c(C2CCNC2)c1. The molecule has 2 N–H and O–H groups in total. The highest BCUT2D eigenvalue weighted by molar-refractivity contribution is 5.86. The molecule has 1 aromatic rings. The number of carbonyl (C=O) groups excluding carboxylic acids is 1. The first kappa shape index (κ1) is 15.6. The van der Waals surface area contributed by atoms with Crippen LogP contribution in [-0.2, 0) is 4.74 Å². The van der Waals surface area contributed by atoms with E-state index in [0.29, 0.717) is 5.92 Å². The zero-order valence-electron chi connectivity index (χ0n) is 13.2. The van der Waals surface area contributed by atoms with E-state index >= 15 is 0 Å². The number of nitrogens with one attached hydrogen (secondary N) is 2. The molecule has 1 saturated heterocycles. The van der Waals surface area contributed by atoms with Gasteiger partial charge in [-0.05, 0) is 63.4 Å². The number of carbonyl (C=O) groups is 1. The maximum atomic E-state index is 12.0. The van der Waals surface area contributed by atoms with Crippen LogP contribution in [0.15, 0.2) is 18.2 Å². The van der Waals surface area contributed by atoms with Gasteiger partial charge in [-0.3, -0.25) is 5.32 Å². The minimum atomic E-state index is -0.508. The normalized spacial score (nSPS) is 18.4. The van der Waals surface area contributed by atoms with Crippen molar-refractivity contribution in [3.8, 4) is 5.75 Å². The summed E-state index contributed by atoms with van der Waals surface area (Å²) in [6.45, 7) is 7.46. The first-order valence-electron chi connectivity index (χ1n) is 7.28. The van der Waals surface area contributed by atoms with Gasteiger partial charge in [0.25, 0.3) is 0 Å². The second kappa shape index (κ2) is 6.35. The molecule has 1 amide bonds. The molecule has 1 fully saturated rings. The Morgan fingerprint density at radius 1 is 1.38 bits per heavy atom. The van der Waals surface area contributed by atoms with E-state index in [1.54, 1.807) is 7.11 Å². The van der Waals surface area contributed by atoms with E-state index in [4.69, 9.17) is 9.47 Å². The van der Waals surface area contributed by atoms with Gasteiger partial charge in [-0.1, -0.05) is 0 Å². The lowest BCUT2D eigenvalue weighted by atomic mass is 9.96. The van der Waals surface area contributed by atoms with Crippen molar-refractivity contribution in [3.05, 3.63) is 23.8 Å². The van der Waals surface area contributed by atoms with Crippen LogP contribution < -0.4 is 15.4 Å². The number of ether oxygens (including phenoxy) is 2. The van der Waals surface area contributed by atoms with Crippen LogP contribution in [0.4, 0.5) is 10.5 Å². The van der Waals surface area contributed by atoms with Crippen molar-refractivity contribution in [1.29, 1.82) is 0 Å². The summed E-state index contributed by atoms with van der Waals surface area (Å²) in [5.41, 5.74) is 1.37. The van der Waals surface area contributed by atoms with Crippen LogP contribution in [0.25, 0.3) is 0 Å². The number of hydrogen-bond acceptors (Lipinski definition) is 4. The molecule has 1 aromatic carbocycles. The fraction of sp³-hybridized carbons (Fsp3) is 0.562. The predicted octanol–water partition coefficient (Wildman–Crippen LogP) is 3.12. The van der Waals surface area contributed by atoms with Crippen LogP contribution >= 0.6 is 0 Å². The number of benzene rings is 1. The quantitative estimate of drug-likeness (QED) is 0.898. The molecule has 1 heterocycles. The molecule has 0 aliphatic carbocycles. The van der Waals surface area contributed by atoms with E-state index in [-0.39, 0.29) is 0 Å². The molecule has 1 unspecified atom stereocenters. The molecule has 21 heavy (non-hydrogen) atoms. The molecular weight excluding hydrogens is 268 g/mol. The maximum absolute atomic E-state index is 12.0. The standard InChI is InChI=1S/C16H24N2O3/c1-16(2,3)21-15(19)18-14-6-5-12(20-4)9-13(14)11-7-8-17-10-11/h5-6,9,11,17H,7-8,10H2,1-4H3,(H,18,19). The van der Waals surface area contributed by atoms with Crippen LogP contribution in [0.3, 0.4) is 0 Å². The Labute approximate surface area is 126 Å². The number of methoxy groups -OCH3 is 1. The van der Waals surface area contributed by atoms with Crippen molar-refractivity contribution in [2.24, 2.45) is 0 Å². The topological polar surface area (TPSA) is 59.6 Å². The molecule has 0 radical (unpaired) electrons. The zero-order chi connectivity index (χ0) is 15.5.